The molecule has 3 fully saturated rings. The molecule has 0 aromatic heterocycles. The molecule has 0 amide bonds. The van der Waals surface area contributed by atoms with Crippen molar-refractivity contribution in [2.45, 2.75) is 68.4 Å². The van der Waals surface area contributed by atoms with Crippen molar-refractivity contribution in [1.82, 2.24) is 0 Å². The van der Waals surface area contributed by atoms with Crippen LogP contribution in [0.2, 0.25) is 0 Å². The molecule has 3 rings (SSSR count). The van der Waals surface area contributed by atoms with Crippen LogP contribution >= 0.6 is 15.6 Å². The molecule has 8 atom stereocenters. The van der Waals surface area contributed by atoms with Gasteiger partial charge < -0.3 is 0 Å². The fourth-order valence-electron chi connectivity index (χ4n) is 3.48. The number of hydrogen-bond acceptors (Lipinski definition) is 11. The first kappa shape index (κ1) is 25.9. The normalized spacial score (nSPS) is 42.8. The topological polar surface area (TPSA) is 183 Å². The van der Waals surface area contributed by atoms with Gasteiger partial charge in [-0.25, -0.2) is 0 Å². The van der Waals surface area contributed by atoms with Gasteiger partial charge in [0, 0.05) is 0 Å². The van der Waals surface area contributed by atoms with Crippen LogP contribution in [-0.2, 0) is 36.9 Å². The van der Waals surface area contributed by atoms with Crippen LogP contribution in [0.3, 0.4) is 0 Å². The summed E-state index contributed by atoms with van der Waals surface area (Å²) < 4.78 is 47.4. The molecule has 4 radical (unpaired) electrons. The second-order valence-corrected chi connectivity index (χ2v) is 11.0. The third-order valence-corrected chi connectivity index (χ3v) is 7.28. The summed E-state index contributed by atoms with van der Waals surface area (Å²) in [6.45, 7) is 1.82. The summed E-state index contributed by atoms with van der Waals surface area (Å²) in [6, 6.07) is -2.40. The number of ether oxygens (including phenoxy) is 3. The maximum atomic E-state index is 11.1. The van der Waals surface area contributed by atoms with E-state index >= 15 is 0 Å². The fourth-order valence-corrected chi connectivity index (χ4v) is 5.96. The Morgan fingerprint density at radius 1 is 1.03 bits per heavy atom. The van der Waals surface area contributed by atoms with E-state index in [1.54, 1.807) is 0 Å². The third-order valence-electron chi connectivity index (χ3n) is 4.96. The minimum atomic E-state index is -5.68. The molecule has 0 aliphatic carbocycles. The molecule has 0 aromatic carbocycles. The number of rotatable bonds is 10. The molecule has 3 aliphatic rings. The van der Waals surface area contributed by atoms with Gasteiger partial charge in [0.1, 0.15) is 0 Å². The van der Waals surface area contributed by atoms with Crippen molar-refractivity contribution in [3.8, 4) is 0 Å². The van der Waals surface area contributed by atoms with E-state index in [1.165, 1.54) is 0 Å². The second-order valence-electron chi connectivity index (χ2n) is 7.50. The average molecular weight is 486 g/mol. The molecule has 0 bridgehead atoms. The van der Waals surface area contributed by atoms with Crippen molar-refractivity contribution in [3.05, 3.63) is 0 Å². The zero-order valence-electron chi connectivity index (χ0n) is 16.7. The van der Waals surface area contributed by atoms with Gasteiger partial charge in [-0.2, -0.15) is 0 Å². The molecule has 5 N–H and O–H groups in total. The Hall–Kier alpha value is 0.310. The molecule has 13 nitrogen and oxygen atoms in total. The van der Waals surface area contributed by atoms with Gasteiger partial charge in [-0.3, -0.25) is 0 Å². The van der Waals surface area contributed by atoms with Crippen LogP contribution in [0.4, 0.5) is 0 Å². The van der Waals surface area contributed by atoms with Gasteiger partial charge in [0.25, 0.3) is 0 Å². The summed E-state index contributed by atoms with van der Waals surface area (Å²) in [4.78, 5) is 39.3. The Morgan fingerprint density at radius 2 is 1.68 bits per heavy atom. The van der Waals surface area contributed by atoms with E-state index < -0.39 is 70.8 Å². The summed E-state index contributed by atoms with van der Waals surface area (Å²) in [5.74, 6) is 0. The Morgan fingerprint density at radius 3 is 2.32 bits per heavy atom. The van der Waals surface area contributed by atoms with Crippen molar-refractivity contribution in [2.75, 3.05) is 19.8 Å². The first-order valence-electron chi connectivity index (χ1n) is 9.68. The Bertz CT molecular complexity index is 681. The van der Waals surface area contributed by atoms with Crippen molar-refractivity contribution in [3.63, 3.8) is 0 Å². The molecule has 3 saturated heterocycles. The predicted molar refractivity (Wildman–Crippen MR) is 105 cm³/mol. The van der Waals surface area contributed by atoms with Gasteiger partial charge in [-0.15, -0.1) is 0 Å². The van der Waals surface area contributed by atoms with E-state index in [4.69, 9.17) is 53.3 Å². The third kappa shape index (κ3) is 6.26. The molecule has 0 aromatic rings. The van der Waals surface area contributed by atoms with E-state index in [-0.39, 0.29) is 6.61 Å². The standard InChI is InChI=1S/C14H26B2O13P2/c1-2-3-4-23-5-7-11-12(14(16)26-7)29-31(21,22,28-11)24-6-8-10(27-30(18,19)20)9(17)13(15)25-8/h7-14,17,21-22H,2-6H2,1H3,(H2,18,19,20)/t7-,8-,9?,10?,11?,12?,13-,14-/m1/s1. The second kappa shape index (κ2) is 9.52. The first-order chi connectivity index (χ1) is 14.3. The number of phosphoric acid groups is 1. The summed E-state index contributed by atoms with van der Waals surface area (Å²) in [7, 11) is 0.670. The number of hydrogen-bond donors (Lipinski definition) is 5. The monoisotopic (exact) mass is 486 g/mol. The number of aliphatic hydroxyl groups excluding tert-OH is 1. The van der Waals surface area contributed by atoms with Crippen LogP contribution in [0.5, 0.6) is 0 Å². The van der Waals surface area contributed by atoms with Gasteiger partial charge in [-0.1, -0.05) is 0 Å². The summed E-state index contributed by atoms with van der Waals surface area (Å²) >= 11 is 0. The molecule has 31 heavy (non-hydrogen) atoms. The van der Waals surface area contributed by atoms with Crippen LogP contribution in [0.25, 0.3) is 0 Å². The van der Waals surface area contributed by atoms with Crippen molar-refractivity contribution >= 4 is 31.3 Å². The molecule has 17 heteroatoms. The number of phosphoric ester groups is 1. The van der Waals surface area contributed by atoms with Crippen LogP contribution in [0.1, 0.15) is 19.8 Å². The van der Waals surface area contributed by atoms with Crippen LogP contribution in [0.15, 0.2) is 0 Å². The average Bonchev–Trinajstić information content (AvgIpc) is 3.20. The van der Waals surface area contributed by atoms with Crippen molar-refractivity contribution in [1.29, 1.82) is 0 Å². The molecule has 0 saturated carbocycles. The van der Waals surface area contributed by atoms with Gasteiger partial charge in [0.05, 0.1) is 0 Å². The summed E-state index contributed by atoms with van der Waals surface area (Å²) in [5, 5.41) is 9.94. The molecular formula is C14H26B2O13P2. The summed E-state index contributed by atoms with van der Waals surface area (Å²) in [6.07, 6.45) is -5.63. The Kier molecular flexibility index (Phi) is 7.96. The van der Waals surface area contributed by atoms with Gasteiger partial charge in [-0.05, 0) is 0 Å². The Labute approximate surface area is 181 Å². The maximum absolute atomic E-state index is 11.1. The zero-order valence-corrected chi connectivity index (χ0v) is 18.5. The van der Waals surface area contributed by atoms with Gasteiger partial charge in [0.2, 0.25) is 0 Å². The first-order valence-corrected chi connectivity index (χ1v) is 13.1. The van der Waals surface area contributed by atoms with E-state index in [0.717, 1.165) is 12.8 Å². The predicted octanol–water partition coefficient (Wildman–Crippen LogP) is -1.66. The van der Waals surface area contributed by atoms with E-state index in [1.807, 2.05) is 6.92 Å². The Balaban J connectivity index is 1.63. The zero-order chi connectivity index (χ0) is 23.1. The molecule has 3 heterocycles. The van der Waals surface area contributed by atoms with Crippen LogP contribution in [0, 0.1) is 0 Å². The quantitative estimate of drug-likeness (QED) is 0.135. The molecule has 176 valence electrons. The molecule has 3 aliphatic heterocycles. The fraction of sp³-hybridized carbons (Fsp3) is 1.00. The van der Waals surface area contributed by atoms with Crippen molar-refractivity contribution < 1.29 is 61.6 Å². The van der Waals surface area contributed by atoms with Crippen LogP contribution < -0.4 is 0 Å². The molecular weight excluding hydrogens is 460 g/mol. The van der Waals surface area contributed by atoms with E-state index in [0.29, 0.717) is 6.61 Å². The van der Waals surface area contributed by atoms with Crippen molar-refractivity contribution in [2.24, 2.45) is 0 Å². The number of unbranched alkanes of at least 4 members (excludes halogenated alkanes) is 1. The molecule has 0 spiro atoms. The van der Waals surface area contributed by atoms with Gasteiger partial charge >= 0.3 is 181 Å². The number of fused-ring (bicyclic) bond motifs is 1. The summed E-state index contributed by atoms with van der Waals surface area (Å²) in [5.41, 5.74) is 0. The minimum absolute atomic E-state index is 0.0791. The van der Waals surface area contributed by atoms with Crippen LogP contribution in [-0.4, -0.2) is 109 Å². The van der Waals surface area contributed by atoms with E-state index in [2.05, 4.69) is 4.52 Å². The van der Waals surface area contributed by atoms with E-state index in [9.17, 15) is 19.5 Å². The SMILES string of the molecule is [B][C@@H]1O[C@H](COP2(O)(O)OC3C(O2)[C@@H](COCCCC)O[C@H]3[B])C(OP(=O)(O)O)C1O. The van der Waals surface area contributed by atoms with Gasteiger partial charge in [0.15, 0.2) is 0 Å². The molecule has 4 unspecified atom stereocenters. The number of aliphatic hydroxyl groups is 1.